The van der Waals surface area contributed by atoms with Crippen molar-refractivity contribution in [2.45, 2.75) is 26.8 Å². The number of likely N-dealkylation sites (N-methyl/N-ethyl adjacent to an activating group) is 1. The predicted molar refractivity (Wildman–Crippen MR) is 74.1 cm³/mol. The number of fused-ring (bicyclic) bond motifs is 1. The molecule has 0 aromatic heterocycles. The van der Waals surface area contributed by atoms with Crippen LogP contribution in [-0.2, 0) is 0 Å². The maximum Gasteiger partial charge on any atom is 0.261 e. The molecule has 1 N–H and O–H groups in total. The second-order valence-electron chi connectivity index (χ2n) is 5.97. The van der Waals surface area contributed by atoms with E-state index in [-0.39, 0.29) is 23.3 Å². The predicted octanol–water partition coefficient (Wildman–Crippen LogP) is 1.92. The molecule has 4 heteroatoms. The van der Waals surface area contributed by atoms with E-state index in [1.807, 2.05) is 7.05 Å². The summed E-state index contributed by atoms with van der Waals surface area (Å²) in [6.07, 6.45) is 0. The quantitative estimate of drug-likeness (QED) is 0.845. The molecule has 0 saturated heterocycles. The molecule has 2 rings (SSSR count). The van der Waals surface area contributed by atoms with Gasteiger partial charge in [-0.3, -0.25) is 14.5 Å². The topological polar surface area (TPSA) is 49.4 Å². The van der Waals surface area contributed by atoms with E-state index in [0.717, 1.165) is 0 Å². The average molecular weight is 260 g/mol. The van der Waals surface area contributed by atoms with Gasteiger partial charge in [0.1, 0.15) is 0 Å². The maximum atomic E-state index is 12.3. The standard InChI is InChI=1S/C15H20N2O2/c1-15(2,3)12(16-4)9-17-13(18)10-7-5-6-8-11(10)14(17)19/h5-8,12,16H,9H2,1-4H3. The van der Waals surface area contributed by atoms with Gasteiger partial charge in [0.2, 0.25) is 0 Å². The third-order valence-electron chi connectivity index (χ3n) is 3.64. The Morgan fingerprint density at radius 3 is 1.95 bits per heavy atom. The molecule has 0 saturated carbocycles. The van der Waals surface area contributed by atoms with Gasteiger partial charge in [0, 0.05) is 12.6 Å². The van der Waals surface area contributed by atoms with Crippen LogP contribution in [0.4, 0.5) is 0 Å². The van der Waals surface area contributed by atoms with Crippen molar-refractivity contribution >= 4 is 11.8 Å². The Balaban J connectivity index is 2.25. The molecule has 0 bridgehead atoms. The Morgan fingerprint density at radius 1 is 1.11 bits per heavy atom. The summed E-state index contributed by atoms with van der Waals surface area (Å²) in [5.41, 5.74) is 0.997. The second-order valence-corrected chi connectivity index (χ2v) is 5.97. The molecule has 1 aromatic carbocycles. The normalized spacial score (nSPS) is 16.7. The summed E-state index contributed by atoms with van der Waals surface area (Å²) in [6.45, 7) is 6.66. The minimum absolute atomic E-state index is 0.0237. The highest BCUT2D eigenvalue weighted by Crippen LogP contribution is 2.26. The number of hydrogen-bond donors (Lipinski definition) is 1. The Bertz CT molecular complexity index is 482. The maximum absolute atomic E-state index is 12.3. The van der Waals surface area contributed by atoms with Crippen LogP contribution in [0.1, 0.15) is 41.5 Å². The summed E-state index contributed by atoms with van der Waals surface area (Å²) >= 11 is 0. The summed E-state index contributed by atoms with van der Waals surface area (Å²) in [5, 5.41) is 3.19. The van der Waals surface area contributed by atoms with Crippen molar-refractivity contribution in [1.82, 2.24) is 10.2 Å². The van der Waals surface area contributed by atoms with Crippen molar-refractivity contribution in [2.24, 2.45) is 5.41 Å². The Morgan fingerprint density at radius 2 is 1.58 bits per heavy atom. The van der Waals surface area contributed by atoms with Crippen LogP contribution in [0.2, 0.25) is 0 Å². The van der Waals surface area contributed by atoms with Crippen molar-refractivity contribution in [3.63, 3.8) is 0 Å². The lowest BCUT2D eigenvalue weighted by Gasteiger charge is -2.32. The molecule has 19 heavy (non-hydrogen) atoms. The molecule has 1 aliphatic heterocycles. The molecule has 1 aliphatic rings. The fourth-order valence-corrected chi connectivity index (χ4v) is 2.39. The fraction of sp³-hybridized carbons (Fsp3) is 0.467. The molecule has 4 nitrogen and oxygen atoms in total. The minimum Gasteiger partial charge on any atom is -0.315 e. The lowest BCUT2D eigenvalue weighted by atomic mass is 9.86. The average Bonchev–Trinajstić information content (AvgIpc) is 2.59. The number of benzene rings is 1. The summed E-state index contributed by atoms with van der Waals surface area (Å²) < 4.78 is 0. The van der Waals surface area contributed by atoms with E-state index in [0.29, 0.717) is 17.7 Å². The Kier molecular flexibility index (Phi) is 3.45. The summed E-state index contributed by atoms with van der Waals surface area (Å²) in [4.78, 5) is 25.9. The highest BCUT2D eigenvalue weighted by molar-refractivity contribution is 6.21. The van der Waals surface area contributed by atoms with Gasteiger partial charge in [0.25, 0.3) is 11.8 Å². The highest BCUT2D eigenvalue weighted by Gasteiger charge is 2.38. The van der Waals surface area contributed by atoms with Gasteiger partial charge in [0.15, 0.2) is 0 Å². The number of rotatable bonds is 3. The van der Waals surface area contributed by atoms with E-state index < -0.39 is 0 Å². The lowest BCUT2D eigenvalue weighted by Crippen LogP contribution is -2.48. The van der Waals surface area contributed by atoms with Gasteiger partial charge < -0.3 is 5.32 Å². The zero-order valence-electron chi connectivity index (χ0n) is 11.9. The SMILES string of the molecule is CNC(CN1C(=O)c2ccccc2C1=O)C(C)(C)C. The number of hydrogen-bond acceptors (Lipinski definition) is 3. The van der Waals surface area contributed by atoms with Crippen LogP contribution in [0.25, 0.3) is 0 Å². The molecule has 0 aliphatic carbocycles. The van der Waals surface area contributed by atoms with Gasteiger partial charge in [-0.25, -0.2) is 0 Å². The number of carbonyl (C=O) groups excluding carboxylic acids is 2. The zero-order valence-corrected chi connectivity index (χ0v) is 11.9. The smallest absolute Gasteiger partial charge is 0.261 e. The first-order valence-electron chi connectivity index (χ1n) is 6.48. The van der Waals surface area contributed by atoms with Crippen molar-refractivity contribution in [1.29, 1.82) is 0 Å². The third kappa shape index (κ3) is 2.40. The largest absolute Gasteiger partial charge is 0.315 e. The second kappa shape index (κ2) is 4.78. The Hall–Kier alpha value is -1.68. The Labute approximate surface area is 113 Å². The molecule has 102 valence electrons. The lowest BCUT2D eigenvalue weighted by molar-refractivity contribution is 0.0612. The van der Waals surface area contributed by atoms with Crippen molar-refractivity contribution in [3.8, 4) is 0 Å². The fourth-order valence-electron chi connectivity index (χ4n) is 2.39. The van der Waals surface area contributed by atoms with Crippen molar-refractivity contribution in [2.75, 3.05) is 13.6 Å². The van der Waals surface area contributed by atoms with E-state index in [4.69, 9.17) is 0 Å². The highest BCUT2D eigenvalue weighted by atomic mass is 16.2. The van der Waals surface area contributed by atoms with E-state index in [2.05, 4.69) is 26.1 Å². The molecule has 0 radical (unpaired) electrons. The molecule has 1 aromatic rings. The summed E-state index contributed by atoms with van der Waals surface area (Å²) in [6, 6.07) is 7.05. The van der Waals surface area contributed by atoms with Crippen LogP contribution in [0, 0.1) is 5.41 Å². The van der Waals surface area contributed by atoms with Gasteiger partial charge in [0.05, 0.1) is 11.1 Å². The number of carbonyl (C=O) groups is 2. The van der Waals surface area contributed by atoms with Gasteiger partial charge >= 0.3 is 0 Å². The van der Waals surface area contributed by atoms with Gasteiger partial charge in [-0.1, -0.05) is 32.9 Å². The number of nitrogens with one attached hydrogen (secondary N) is 1. The van der Waals surface area contributed by atoms with E-state index in [1.165, 1.54) is 4.90 Å². The molecule has 0 fully saturated rings. The van der Waals surface area contributed by atoms with Crippen LogP contribution in [0.5, 0.6) is 0 Å². The summed E-state index contributed by atoms with van der Waals surface area (Å²) in [5.74, 6) is -0.379. The van der Waals surface area contributed by atoms with E-state index in [1.54, 1.807) is 24.3 Å². The number of amides is 2. The van der Waals surface area contributed by atoms with Crippen LogP contribution in [0.15, 0.2) is 24.3 Å². The van der Waals surface area contributed by atoms with Gasteiger partial charge in [-0.15, -0.1) is 0 Å². The molecule has 1 heterocycles. The monoisotopic (exact) mass is 260 g/mol. The number of nitrogens with zero attached hydrogens (tertiary/aromatic N) is 1. The zero-order chi connectivity index (χ0) is 14.2. The van der Waals surface area contributed by atoms with Crippen LogP contribution >= 0.6 is 0 Å². The molecule has 0 spiro atoms. The number of imide groups is 1. The molecule has 2 amide bonds. The minimum atomic E-state index is -0.190. The first kappa shape index (κ1) is 13.7. The van der Waals surface area contributed by atoms with Crippen LogP contribution in [-0.4, -0.2) is 36.3 Å². The third-order valence-corrected chi connectivity index (χ3v) is 3.64. The summed E-state index contributed by atoms with van der Waals surface area (Å²) in [7, 11) is 1.86. The molecule has 1 unspecified atom stereocenters. The molecular formula is C15H20N2O2. The van der Waals surface area contributed by atoms with Crippen LogP contribution in [0.3, 0.4) is 0 Å². The first-order chi connectivity index (χ1) is 8.86. The van der Waals surface area contributed by atoms with Gasteiger partial charge in [-0.2, -0.15) is 0 Å². The van der Waals surface area contributed by atoms with Crippen molar-refractivity contribution < 1.29 is 9.59 Å². The molecular weight excluding hydrogens is 240 g/mol. The van der Waals surface area contributed by atoms with E-state index in [9.17, 15) is 9.59 Å². The van der Waals surface area contributed by atoms with Crippen LogP contribution < -0.4 is 5.32 Å². The van der Waals surface area contributed by atoms with E-state index >= 15 is 0 Å². The molecule has 1 atom stereocenters. The first-order valence-corrected chi connectivity index (χ1v) is 6.48. The van der Waals surface area contributed by atoms with Gasteiger partial charge in [-0.05, 0) is 24.6 Å². The van der Waals surface area contributed by atoms with Crippen molar-refractivity contribution in [3.05, 3.63) is 35.4 Å².